The number of hydrogen-bond donors (Lipinski definition) is 2. The van der Waals surface area contributed by atoms with Gasteiger partial charge in [0.2, 0.25) is 0 Å². The molecule has 2 N–H and O–H groups in total. The molecule has 2 heterocycles. The Labute approximate surface area is 184 Å². The van der Waals surface area contributed by atoms with Gasteiger partial charge in [0.05, 0.1) is 5.02 Å². The summed E-state index contributed by atoms with van der Waals surface area (Å²) in [7, 11) is 0. The van der Waals surface area contributed by atoms with Crippen molar-refractivity contribution >= 4 is 28.6 Å². The molecule has 0 radical (unpaired) electrons. The van der Waals surface area contributed by atoms with Gasteiger partial charge in [0, 0.05) is 23.1 Å². The van der Waals surface area contributed by atoms with Gasteiger partial charge >= 0.3 is 6.09 Å². The summed E-state index contributed by atoms with van der Waals surface area (Å²) in [4.78, 5) is 18.5. The maximum Gasteiger partial charge on any atom is 0.416 e. The second-order valence-electron chi connectivity index (χ2n) is 7.80. The molecular weight excluding hydrogens is 412 g/mol. The molecular formula is C25H21ClN2O3. The predicted molar refractivity (Wildman–Crippen MR) is 121 cm³/mol. The van der Waals surface area contributed by atoms with Crippen molar-refractivity contribution in [3.05, 3.63) is 94.1 Å². The molecule has 1 aliphatic rings. The summed E-state index contributed by atoms with van der Waals surface area (Å²) >= 11 is 6.20. The predicted octanol–water partition coefficient (Wildman–Crippen LogP) is 5.98. The molecule has 0 spiro atoms. The summed E-state index contributed by atoms with van der Waals surface area (Å²) in [6, 6.07) is 19.8. The summed E-state index contributed by atoms with van der Waals surface area (Å²) in [5.41, 5.74) is 5.29. The fraction of sp³-hybridized carbons (Fsp3) is 0.160. The Morgan fingerprint density at radius 1 is 1.13 bits per heavy atom. The lowest BCUT2D eigenvalue weighted by atomic mass is 9.92. The number of aryl methyl sites for hydroxylation is 1. The number of aromatic nitrogens is 1. The van der Waals surface area contributed by atoms with Crippen LogP contribution < -0.4 is 4.74 Å². The largest absolute Gasteiger partial charge is 0.508 e. The topological polar surface area (TPSA) is 65.6 Å². The van der Waals surface area contributed by atoms with Crippen LogP contribution in [0.2, 0.25) is 5.02 Å². The highest BCUT2D eigenvalue weighted by Gasteiger charge is 2.35. The van der Waals surface area contributed by atoms with Gasteiger partial charge in [-0.25, -0.2) is 4.79 Å². The van der Waals surface area contributed by atoms with Crippen molar-refractivity contribution in [1.29, 1.82) is 0 Å². The number of halogens is 1. The van der Waals surface area contributed by atoms with Gasteiger partial charge in [-0.3, -0.25) is 4.90 Å². The quantitative estimate of drug-likeness (QED) is 0.409. The van der Waals surface area contributed by atoms with E-state index in [9.17, 15) is 9.90 Å². The SMILES string of the molecule is Cc1ccc2[nH]c3c(c2c1)CCN(C(=O)Oc1ccccc1Cl)C3c1ccc(O)cc1. The van der Waals surface area contributed by atoms with Gasteiger partial charge < -0.3 is 14.8 Å². The third-order valence-electron chi connectivity index (χ3n) is 5.76. The van der Waals surface area contributed by atoms with Crippen molar-refractivity contribution in [2.75, 3.05) is 6.54 Å². The van der Waals surface area contributed by atoms with E-state index < -0.39 is 6.09 Å². The van der Waals surface area contributed by atoms with Crippen molar-refractivity contribution in [2.45, 2.75) is 19.4 Å². The Bertz CT molecular complexity index is 1280. The molecule has 4 aromatic rings. The molecule has 3 aromatic carbocycles. The number of carbonyl (C=O) groups excluding carboxylic acids is 1. The monoisotopic (exact) mass is 432 g/mol. The summed E-state index contributed by atoms with van der Waals surface area (Å²) in [5, 5.41) is 11.3. The Balaban J connectivity index is 1.60. The van der Waals surface area contributed by atoms with Crippen molar-refractivity contribution in [3.8, 4) is 11.5 Å². The minimum absolute atomic E-state index is 0.178. The van der Waals surface area contributed by atoms with Gasteiger partial charge in [-0.2, -0.15) is 0 Å². The number of benzene rings is 3. The third-order valence-corrected chi connectivity index (χ3v) is 6.07. The number of para-hydroxylation sites is 1. The smallest absolute Gasteiger partial charge is 0.416 e. The zero-order valence-corrected chi connectivity index (χ0v) is 17.7. The van der Waals surface area contributed by atoms with E-state index in [2.05, 4.69) is 30.1 Å². The number of hydrogen-bond acceptors (Lipinski definition) is 3. The number of carbonyl (C=O) groups is 1. The van der Waals surface area contributed by atoms with Crippen molar-refractivity contribution in [1.82, 2.24) is 9.88 Å². The summed E-state index contributed by atoms with van der Waals surface area (Å²) in [6.45, 7) is 2.58. The molecule has 0 saturated heterocycles. The molecule has 6 heteroatoms. The van der Waals surface area contributed by atoms with Crippen molar-refractivity contribution < 1.29 is 14.6 Å². The molecule has 0 bridgehead atoms. The van der Waals surface area contributed by atoms with Crippen LogP contribution in [-0.2, 0) is 6.42 Å². The maximum absolute atomic E-state index is 13.2. The molecule has 5 nitrogen and oxygen atoms in total. The number of fused-ring (bicyclic) bond motifs is 3. The van der Waals surface area contributed by atoms with Crippen LogP contribution in [0.5, 0.6) is 11.5 Å². The molecule has 1 amide bonds. The summed E-state index contributed by atoms with van der Waals surface area (Å²) in [5.74, 6) is 0.508. The van der Waals surface area contributed by atoms with Crippen LogP contribution in [0.25, 0.3) is 10.9 Å². The van der Waals surface area contributed by atoms with Gasteiger partial charge in [-0.1, -0.05) is 47.5 Å². The van der Waals surface area contributed by atoms with Crippen LogP contribution >= 0.6 is 11.6 Å². The average Bonchev–Trinajstić information content (AvgIpc) is 3.13. The number of nitrogens with one attached hydrogen (secondary N) is 1. The van der Waals surface area contributed by atoms with Crippen LogP contribution in [0.3, 0.4) is 0 Å². The Kier molecular flexibility index (Phi) is 4.83. The number of phenols is 1. The lowest BCUT2D eigenvalue weighted by Gasteiger charge is -2.35. The molecule has 0 aliphatic carbocycles. The first-order valence-corrected chi connectivity index (χ1v) is 10.5. The Hall–Kier alpha value is -3.44. The minimum Gasteiger partial charge on any atom is -0.508 e. The second-order valence-corrected chi connectivity index (χ2v) is 8.21. The van der Waals surface area contributed by atoms with Crippen LogP contribution in [0.15, 0.2) is 66.7 Å². The van der Waals surface area contributed by atoms with Crippen molar-refractivity contribution in [3.63, 3.8) is 0 Å². The lowest BCUT2D eigenvalue weighted by Crippen LogP contribution is -2.42. The van der Waals surface area contributed by atoms with Crippen molar-refractivity contribution in [2.24, 2.45) is 0 Å². The van der Waals surface area contributed by atoms with E-state index in [1.54, 1.807) is 41.3 Å². The molecule has 5 rings (SSSR count). The molecule has 0 fully saturated rings. The van der Waals surface area contributed by atoms with E-state index in [1.165, 1.54) is 16.5 Å². The van der Waals surface area contributed by atoms with Crippen LogP contribution in [0.1, 0.15) is 28.4 Å². The number of aromatic amines is 1. The minimum atomic E-state index is -0.466. The van der Waals surface area contributed by atoms with Gasteiger partial charge in [0.1, 0.15) is 11.8 Å². The molecule has 31 heavy (non-hydrogen) atoms. The van der Waals surface area contributed by atoms with Crippen LogP contribution in [0.4, 0.5) is 4.79 Å². The standard InChI is InChI=1S/C25H21ClN2O3/c1-15-6-11-21-19(14-15)18-12-13-28(25(30)31-22-5-3-2-4-20(22)26)24(23(18)27-21)16-7-9-17(29)10-8-16/h2-11,14,24,27,29H,12-13H2,1H3. The highest BCUT2D eigenvalue weighted by atomic mass is 35.5. The van der Waals surface area contributed by atoms with Gasteiger partial charge in [0.25, 0.3) is 0 Å². The lowest BCUT2D eigenvalue weighted by molar-refractivity contribution is 0.135. The van der Waals surface area contributed by atoms with Gasteiger partial charge in [0.15, 0.2) is 5.75 Å². The summed E-state index contributed by atoms with van der Waals surface area (Å²) in [6.07, 6.45) is 0.247. The second kappa shape index (κ2) is 7.67. The number of rotatable bonds is 2. The number of nitrogens with zero attached hydrogens (tertiary/aromatic N) is 1. The third kappa shape index (κ3) is 3.51. The van der Waals surface area contributed by atoms with Gasteiger partial charge in [-0.05, 0) is 60.9 Å². The molecule has 1 aromatic heterocycles. The molecule has 1 unspecified atom stereocenters. The van der Waals surface area contributed by atoms with E-state index in [0.29, 0.717) is 23.7 Å². The van der Waals surface area contributed by atoms with E-state index in [4.69, 9.17) is 16.3 Å². The number of aromatic hydroxyl groups is 1. The van der Waals surface area contributed by atoms with Gasteiger partial charge in [-0.15, -0.1) is 0 Å². The van der Waals surface area contributed by atoms with E-state index in [-0.39, 0.29) is 11.8 Å². The van der Waals surface area contributed by atoms with E-state index in [0.717, 1.165) is 16.8 Å². The average molecular weight is 433 g/mol. The first-order valence-electron chi connectivity index (χ1n) is 10.1. The molecule has 1 aliphatic heterocycles. The fourth-order valence-corrected chi connectivity index (χ4v) is 4.46. The Morgan fingerprint density at radius 3 is 2.68 bits per heavy atom. The first-order chi connectivity index (χ1) is 15.0. The van der Waals surface area contributed by atoms with Crippen LogP contribution in [0, 0.1) is 6.92 Å². The zero-order valence-electron chi connectivity index (χ0n) is 16.9. The highest BCUT2D eigenvalue weighted by Crippen LogP contribution is 2.39. The number of ether oxygens (including phenoxy) is 1. The van der Waals surface area contributed by atoms with E-state index in [1.807, 2.05) is 12.1 Å². The highest BCUT2D eigenvalue weighted by molar-refractivity contribution is 6.32. The van der Waals surface area contributed by atoms with E-state index >= 15 is 0 Å². The maximum atomic E-state index is 13.2. The molecule has 0 saturated carbocycles. The zero-order chi connectivity index (χ0) is 21.5. The normalized spacial score (nSPS) is 15.7. The number of phenolic OH excluding ortho intramolecular Hbond substituents is 1. The summed E-state index contributed by atoms with van der Waals surface area (Å²) < 4.78 is 5.66. The van der Waals surface area contributed by atoms with Crippen LogP contribution in [-0.4, -0.2) is 27.6 Å². The number of amides is 1. The number of H-pyrrole nitrogens is 1. The molecule has 156 valence electrons. The first kappa shape index (κ1) is 19.5. The Morgan fingerprint density at radius 2 is 1.90 bits per heavy atom. The molecule has 1 atom stereocenters. The fourth-order valence-electron chi connectivity index (χ4n) is 4.28.